The minimum absolute atomic E-state index is 0.431. The molecule has 0 aliphatic rings. The second-order valence-electron chi connectivity index (χ2n) is 5.57. The maximum atomic E-state index is 10.4. The molecular weight excluding hydrogens is 232 g/mol. The van der Waals surface area contributed by atoms with E-state index < -0.39 is 6.10 Å². The Kier molecular flexibility index (Phi) is 4.06. The van der Waals surface area contributed by atoms with E-state index in [2.05, 4.69) is 64.1 Å². The molecule has 0 aliphatic carbocycles. The molecule has 19 heavy (non-hydrogen) atoms. The van der Waals surface area contributed by atoms with Crippen LogP contribution in [-0.4, -0.2) is 5.11 Å². The third kappa shape index (κ3) is 3.45. The minimum atomic E-state index is -0.431. The van der Waals surface area contributed by atoms with Gasteiger partial charge in [0.1, 0.15) is 0 Å². The first-order chi connectivity index (χ1) is 8.95. The standard InChI is InChI=1S/C18H22O/c1-12-5-6-15(4)16(8-12)11-18(19)17-9-13(2)7-14(3)10-17/h5-10,18-19H,11H2,1-4H3. The first-order valence-electron chi connectivity index (χ1n) is 6.78. The zero-order chi connectivity index (χ0) is 14.0. The summed E-state index contributed by atoms with van der Waals surface area (Å²) in [5.41, 5.74) is 7.14. The monoisotopic (exact) mass is 254 g/mol. The Balaban J connectivity index is 2.25. The predicted molar refractivity (Wildman–Crippen MR) is 80.5 cm³/mol. The van der Waals surface area contributed by atoms with E-state index in [0.29, 0.717) is 6.42 Å². The SMILES string of the molecule is Cc1cc(C)cc(C(O)Cc2cc(C)ccc2C)c1. The van der Waals surface area contributed by atoms with Crippen molar-refractivity contribution in [2.45, 2.75) is 40.2 Å². The summed E-state index contributed by atoms with van der Waals surface area (Å²) in [6, 6.07) is 12.7. The number of aliphatic hydroxyl groups is 1. The molecule has 1 heteroatoms. The maximum Gasteiger partial charge on any atom is 0.0830 e. The Hall–Kier alpha value is -1.60. The summed E-state index contributed by atoms with van der Waals surface area (Å²) in [6.07, 6.45) is 0.246. The molecule has 0 aliphatic heterocycles. The molecule has 1 nitrogen and oxygen atoms in total. The summed E-state index contributed by atoms with van der Waals surface area (Å²) < 4.78 is 0. The van der Waals surface area contributed by atoms with Gasteiger partial charge in [-0.15, -0.1) is 0 Å². The largest absolute Gasteiger partial charge is 0.388 e. The number of benzene rings is 2. The molecular formula is C18H22O. The molecule has 0 aromatic heterocycles. The van der Waals surface area contributed by atoms with Crippen molar-refractivity contribution in [3.63, 3.8) is 0 Å². The summed E-state index contributed by atoms with van der Waals surface area (Å²) in [4.78, 5) is 0. The normalized spacial score (nSPS) is 12.5. The van der Waals surface area contributed by atoms with Gasteiger partial charge in [0.25, 0.3) is 0 Å². The molecule has 0 heterocycles. The molecule has 1 atom stereocenters. The topological polar surface area (TPSA) is 20.2 Å². The van der Waals surface area contributed by atoms with E-state index in [4.69, 9.17) is 0 Å². The van der Waals surface area contributed by atoms with Gasteiger partial charge in [0, 0.05) is 6.42 Å². The first-order valence-corrected chi connectivity index (χ1v) is 6.78. The molecule has 0 amide bonds. The van der Waals surface area contributed by atoms with Crippen LogP contribution in [0.3, 0.4) is 0 Å². The summed E-state index contributed by atoms with van der Waals surface area (Å²) in [5.74, 6) is 0. The van der Waals surface area contributed by atoms with Crippen molar-refractivity contribution < 1.29 is 5.11 Å². The molecule has 1 unspecified atom stereocenters. The van der Waals surface area contributed by atoms with Crippen LogP contribution in [0.1, 0.15) is 39.5 Å². The van der Waals surface area contributed by atoms with Crippen LogP contribution in [0.15, 0.2) is 36.4 Å². The minimum Gasteiger partial charge on any atom is -0.388 e. The first kappa shape index (κ1) is 13.8. The summed E-state index contributed by atoms with van der Waals surface area (Å²) >= 11 is 0. The molecule has 0 saturated heterocycles. The third-order valence-corrected chi connectivity index (χ3v) is 3.55. The van der Waals surface area contributed by atoms with E-state index in [1.807, 2.05) is 0 Å². The molecule has 0 fully saturated rings. The summed E-state index contributed by atoms with van der Waals surface area (Å²) in [6.45, 7) is 8.33. The Morgan fingerprint density at radius 3 is 2.11 bits per heavy atom. The van der Waals surface area contributed by atoms with Crippen molar-refractivity contribution in [2.24, 2.45) is 0 Å². The summed E-state index contributed by atoms with van der Waals surface area (Å²) in [5, 5.41) is 10.4. The predicted octanol–water partition coefficient (Wildman–Crippen LogP) is 4.20. The second-order valence-corrected chi connectivity index (χ2v) is 5.57. The molecule has 0 spiro atoms. The van der Waals surface area contributed by atoms with Crippen molar-refractivity contribution >= 4 is 0 Å². The van der Waals surface area contributed by atoms with Gasteiger partial charge in [0.15, 0.2) is 0 Å². The van der Waals surface area contributed by atoms with Gasteiger partial charge in [-0.2, -0.15) is 0 Å². The van der Waals surface area contributed by atoms with Crippen molar-refractivity contribution in [2.75, 3.05) is 0 Å². The molecule has 0 saturated carbocycles. The fraction of sp³-hybridized carbons (Fsp3) is 0.333. The van der Waals surface area contributed by atoms with Gasteiger partial charge in [-0.05, 0) is 44.4 Å². The fourth-order valence-electron chi connectivity index (χ4n) is 2.55. The second kappa shape index (κ2) is 5.58. The van der Waals surface area contributed by atoms with Crippen LogP contribution >= 0.6 is 0 Å². The van der Waals surface area contributed by atoms with E-state index in [0.717, 1.165) is 5.56 Å². The van der Waals surface area contributed by atoms with Gasteiger partial charge < -0.3 is 5.11 Å². The van der Waals surface area contributed by atoms with Crippen LogP contribution < -0.4 is 0 Å². The van der Waals surface area contributed by atoms with E-state index in [1.54, 1.807) is 0 Å². The lowest BCUT2D eigenvalue weighted by molar-refractivity contribution is 0.178. The molecule has 0 bridgehead atoms. The van der Waals surface area contributed by atoms with Crippen molar-refractivity contribution in [1.29, 1.82) is 0 Å². The lowest BCUT2D eigenvalue weighted by Gasteiger charge is -2.15. The Morgan fingerprint density at radius 1 is 0.842 bits per heavy atom. The van der Waals surface area contributed by atoms with Crippen LogP contribution in [-0.2, 0) is 6.42 Å². The molecule has 100 valence electrons. The van der Waals surface area contributed by atoms with E-state index >= 15 is 0 Å². The van der Waals surface area contributed by atoms with Crippen LogP contribution in [0.4, 0.5) is 0 Å². The third-order valence-electron chi connectivity index (χ3n) is 3.55. The highest BCUT2D eigenvalue weighted by Gasteiger charge is 2.11. The highest BCUT2D eigenvalue weighted by atomic mass is 16.3. The lowest BCUT2D eigenvalue weighted by Crippen LogP contribution is -2.04. The highest BCUT2D eigenvalue weighted by Crippen LogP contribution is 2.23. The quantitative estimate of drug-likeness (QED) is 0.870. The zero-order valence-electron chi connectivity index (χ0n) is 12.2. The van der Waals surface area contributed by atoms with Gasteiger partial charge in [-0.25, -0.2) is 0 Å². The van der Waals surface area contributed by atoms with Gasteiger partial charge in [0.2, 0.25) is 0 Å². The van der Waals surface area contributed by atoms with Gasteiger partial charge in [0.05, 0.1) is 6.10 Å². The van der Waals surface area contributed by atoms with Crippen molar-refractivity contribution in [1.82, 2.24) is 0 Å². The maximum absolute atomic E-state index is 10.4. The Labute approximate surface area is 115 Å². The molecule has 2 aromatic carbocycles. The smallest absolute Gasteiger partial charge is 0.0830 e. The van der Waals surface area contributed by atoms with E-state index in [-0.39, 0.29) is 0 Å². The Morgan fingerprint density at radius 2 is 1.47 bits per heavy atom. The number of rotatable bonds is 3. The van der Waals surface area contributed by atoms with Gasteiger partial charge in [-0.1, -0.05) is 53.1 Å². The van der Waals surface area contributed by atoms with E-state index in [9.17, 15) is 5.11 Å². The van der Waals surface area contributed by atoms with E-state index in [1.165, 1.54) is 27.8 Å². The molecule has 1 N–H and O–H groups in total. The number of aryl methyl sites for hydroxylation is 4. The number of aliphatic hydroxyl groups excluding tert-OH is 1. The highest BCUT2D eigenvalue weighted by molar-refractivity contribution is 5.34. The van der Waals surface area contributed by atoms with Crippen LogP contribution in [0, 0.1) is 27.7 Å². The van der Waals surface area contributed by atoms with Crippen molar-refractivity contribution in [3.05, 3.63) is 69.8 Å². The number of hydrogen-bond acceptors (Lipinski definition) is 1. The van der Waals surface area contributed by atoms with Crippen molar-refractivity contribution in [3.8, 4) is 0 Å². The Bertz CT molecular complexity index is 564. The van der Waals surface area contributed by atoms with Gasteiger partial charge in [-0.3, -0.25) is 0 Å². The fourth-order valence-corrected chi connectivity index (χ4v) is 2.55. The molecule has 2 rings (SSSR count). The average Bonchev–Trinajstić information content (AvgIpc) is 2.32. The van der Waals surface area contributed by atoms with Crippen LogP contribution in [0.5, 0.6) is 0 Å². The molecule has 0 radical (unpaired) electrons. The average molecular weight is 254 g/mol. The molecule has 2 aromatic rings. The zero-order valence-corrected chi connectivity index (χ0v) is 12.2. The van der Waals surface area contributed by atoms with Gasteiger partial charge >= 0.3 is 0 Å². The number of hydrogen-bond donors (Lipinski definition) is 1. The lowest BCUT2D eigenvalue weighted by atomic mass is 9.95. The van der Waals surface area contributed by atoms with Crippen LogP contribution in [0.25, 0.3) is 0 Å². The summed E-state index contributed by atoms with van der Waals surface area (Å²) in [7, 11) is 0. The van der Waals surface area contributed by atoms with Crippen LogP contribution in [0.2, 0.25) is 0 Å².